The Bertz CT molecular complexity index is 975. The van der Waals surface area contributed by atoms with E-state index in [9.17, 15) is 9.18 Å². The minimum atomic E-state index is -0.672. The van der Waals surface area contributed by atoms with Crippen LogP contribution < -0.4 is 4.74 Å². The summed E-state index contributed by atoms with van der Waals surface area (Å²) in [4.78, 5) is 17.3. The Morgan fingerprint density at radius 2 is 1.64 bits per heavy atom. The molecule has 0 aliphatic heterocycles. The first-order chi connectivity index (χ1) is 17.6. The molecule has 0 bridgehead atoms. The topological polar surface area (TPSA) is 63.0 Å². The van der Waals surface area contributed by atoms with Gasteiger partial charge in [0.25, 0.3) is 0 Å². The lowest BCUT2D eigenvalue weighted by atomic mass is 9.80. The van der Waals surface area contributed by atoms with E-state index in [4.69, 9.17) is 15.0 Å². The SMILES string of the molecule is CCCCCCCCCCCCc1ccc(C2CCC(C(=O)Oc3ccc(C#N)c(F)c3)CC2)nc1. The van der Waals surface area contributed by atoms with Gasteiger partial charge in [-0.3, -0.25) is 9.78 Å². The van der Waals surface area contributed by atoms with Crippen molar-refractivity contribution in [1.29, 1.82) is 5.26 Å². The highest BCUT2D eigenvalue weighted by Crippen LogP contribution is 2.36. The van der Waals surface area contributed by atoms with Gasteiger partial charge in [-0.15, -0.1) is 0 Å². The van der Waals surface area contributed by atoms with Gasteiger partial charge in [0, 0.05) is 23.9 Å². The largest absolute Gasteiger partial charge is 0.426 e. The minimum absolute atomic E-state index is 0.0580. The zero-order valence-corrected chi connectivity index (χ0v) is 21.8. The first-order valence-corrected chi connectivity index (χ1v) is 14.0. The Morgan fingerprint density at radius 1 is 0.972 bits per heavy atom. The molecule has 194 valence electrons. The number of pyridine rings is 1. The van der Waals surface area contributed by atoms with Crippen molar-refractivity contribution in [3.05, 3.63) is 59.2 Å². The number of ether oxygens (including phenoxy) is 1. The van der Waals surface area contributed by atoms with Crippen LogP contribution in [0.3, 0.4) is 0 Å². The number of nitrogens with zero attached hydrogens (tertiary/aromatic N) is 2. The predicted molar refractivity (Wildman–Crippen MR) is 141 cm³/mol. The molecule has 1 aromatic heterocycles. The Labute approximate surface area is 216 Å². The van der Waals surface area contributed by atoms with E-state index in [1.165, 1.54) is 81.9 Å². The van der Waals surface area contributed by atoms with Crippen molar-refractivity contribution in [2.45, 2.75) is 109 Å². The van der Waals surface area contributed by atoms with Gasteiger partial charge in [0.05, 0.1) is 11.5 Å². The van der Waals surface area contributed by atoms with Crippen molar-refractivity contribution in [1.82, 2.24) is 4.98 Å². The molecule has 1 aromatic carbocycles. The Balaban J connectivity index is 1.32. The fourth-order valence-corrected chi connectivity index (χ4v) is 5.12. The molecular formula is C31H41FN2O2. The third-order valence-corrected chi connectivity index (χ3v) is 7.42. The lowest BCUT2D eigenvalue weighted by Gasteiger charge is -2.27. The molecule has 0 N–H and O–H groups in total. The van der Waals surface area contributed by atoms with Crippen LogP contribution in [0.1, 0.15) is 120 Å². The zero-order chi connectivity index (χ0) is 25.6. The highest BCUT2D eigenvalue weighted by molar-refractivity contribution is 5.75. The second kappa shape index (κ2) is 15.4. The molecular weight excluding hydrogens is 451 g/mol. The second-order valence-electron chi connectivity index (χ2n) is 10.2. The number of carbonyl (C=O) groups is 1. The first-order valence-electron chi connectivity index (χ1n) is 14.0. The fraction of sp³-hybridized carbons (Fsp3) is 0.581. The highest BCUT2D eigenvalue weighted by atomic mass is 19.1. The molecule has 1 saturated carbocycles. The average Bonchev–Trinajstić information content (AvgIpc) is 2.90. The summed E-state index contributed by atoms with van der Waals surface area (Å²) in [7, 11) is 0. The molecule has 0 unspecified atom stereocenters. The van der Waals surface area contributed by atoms with Gasteiger partial charge in [-0.1, -0.05) is 70.8 Å². The highest BCUT2D eigenvalue weighted by Gasteiger charge is 2.29. The fourth-order valence-electron chi connectivity index (χ4n) is 5.12. The van der Waals surface area contributed by atoms with Crippen LogP contribution in [0, 0.1) is 23.1 Å². The molecule has 1 fully saturated rings. The number of aromatic nitrogens is 1. The Hall–Kier alpha value is -2.74. The van der Waals surface area contributed by atoms with Crippen LogP contribution in [0.2, 0.25) is 0 Å². The van der Waals surface area contributed by atoms with Gasteiger partial charge in [-0.25, -0.2) is 4.39 Å². The number of rotatable bonds is 14. The lowest BCUT2D eigenvalue weighted by molar-refractivity contribution is -0.140. The standard InChI is InChI=1S/C31H41FN2O2/c1-2-3-4-5-6-7-8-9-10-11-12-24-13-20-30(34-23-24)25-14-16-26(17-15-25)31(35)36-28-19-18-27(22-33)29(32)21-28/h13,18-21,23,25-26H,2-12,14-17H2,1H3. The van der Waals surface area contributed by atoms with Gasteiger partial charge in [-0.2, -0.15) is 5.26 Å². The zero-order valence-electron chi connectivity index (χ0n) is 21.8. The van der Waals surface area contributed by atoms with E-state index in [0.29, 0.717) is 5.92 Å². The van der Waals surface area contributed by atoms with Gasteiger partial charge in [0.2, 0.25) is 0 Å². The van der Waals surface area contributed by atoms with E-state index in [1.54, 1.807) is 6.07 Å². The van der Waals surface area contributed by atoms with E-state index in [2.05, 4.69) is 19.1 Å². The average molecular weight is 493 g/mol. The van der Waals surface area contributed by atoms with E-state index in [0.717, 1.165) is 43.9 Å². The summed E-state index contributed by atoms with van der Waals surface area (Å²) in [5.41, 5.74) is 2.37. The van der Waals surface area contributed by atoms with Crippen molar-refractivity contribution >= 4 is 5.97 Å². The van der Waals surface area contributed by atoms with Crippen molar-refractivity contribution in [2.75, 3.05) is 0 Å². The first kappa shape index (κ1) is 27.8. The van der Waals surface area contributed by atoms with Crippen molar-refractivity contribution < 1.29 is 13.9 Å². The molecule has 1 aliphatic rings. The lowest BCUT2D eigenvalue weighted by Crippen LogP contribution is -2.25. The van der Waals surface area contributed by atoms with E-state index in [1.807, 2.05) is 6.20 Å². The molecule has 3 rings (SSSR count). The summed E-state index contributed by atoms with van der Waals surface area (Å²) < 4.78 is 19.1. The second-order valence-corrected chi connectivity index (χ2v) is 10.2. The molecule has 0 radical (unpaired) electrons. The third-order valence-electron chi connectivity index (χ3n) is 7.42. The molecule has 4 nitrogen and oxygen atoms in total. The van der Waals surface area contributed by atoms with Gasteiger partial charge in [0.15, 0.2) is 0 Å². The van der Waals surface area contributed by atoms with Crippen LogP contribution in [0.4, 0.5) is 4.39 Å². The van der Waals surface area contributed by atoms with Gasteiger partial charge in [0.1, 0.15) is 17.6 Å². The van der Waals surface area contributed by atoms with Crippen LogP contribution in [0.25, 0.3) is 0 Å². The molecule has 0 saturated heterocycles. The summed E-state index contributed by atoms with van der Waals surface area (Å²) in [6.45, 7) is 2.27. The summed E-state index contributed by atoms with van der Waals surface area (Å²) >= 11 is 0. The number of nitriles is 1. The van der Waals surface area contributed by atoms with E-state index < -0.39 is 5.82 Å². The maximum absolute atomic E-state index is 13.8. The number of benzene rings is 1. The Kier molecular flexibility index (Phi) is 11.9. The van der Waals surface area contributed by atoms with Crippen LogP contribution in [-0.2, 0) is 11.2 Å². The van der Waals surface area contributed by atoms with E-state index in [-0.39, 0.29) is 23.2 Å². The summed E-state index contributed by atoms with van der Waals surface area (Å²) in [6.07, 6.45) is 19.9. The van der Waals surface area contributed by atoms with Gasteiger partial charge < -0.3 is 4.74 Å². The molecule has 0 amide bonds. The smallest absolute Gasteiger partial charge is 0.314 e. The quantitative estimate of drug-likeness (QED) is 0.151. The normalized spacial score (nSPS) is 17.5. The number of esters is 1. The summed E-state index contributed by atoms with van der Waals surface area (Å²) in [5, 5.41) is 8.83. The number of halogens is 1. The maximum Gasteiger partial charge on any atom is 0.314 e. The molecule has 0 spiro atoms. The monoisotopic (exact) mass is 492 g/mol. The van der Waals surface area contributed by atoms with Crippen molar-refractivity contribution in [3.63, 3.8) is 0 Å². The number of aryl methyl sites for hydroxylation is 1. The number of hydrogen-bond acceptors (Lipinski definition) is 4. The molecule has 2 aromatic rings. The van der Waals surface area contributed by atoms with Crippen LogP contribution in [0.15, 0.2) is 36.5 Å². The van der Waals surface area contributed by atoms with Crippen LogP contribution in [0.5, 0.6) is 5.75 Å². The number of unbranched alkanes of at least 4 members (excludes halogenated alkanes) is 9. The molecule has 5 heteroatoms. The van der Waals surface area contributed by atoms with E-state index >= 15 is 0 Å². The summed E-state index contributed by atoms with van der Waals surface area (Å²) in [6, 6.07) is 10.0. The maximum atomic E-state index is 13.8. The Morgan fingerprint density at radius 3 is 2.22 bits per heavy atom. The number of carbonyl (C=O) groups excluding carboxylic acids is 1. The molecule has 1 aliphatic carbocycles. The predicted octanol–water partition coefficient (Wildman–Crippen LogP) is 8.44. The molecule has 0 atom stereocenters. The minimum Gasteiger partial charge on any atom is -0.426 e. The van der Waals surface area contributed by atoms with Crippen molar-refractivity contribution in [2.24, 2.45) is 5.92 Å². The third kappa shape index (κ3) is 9.04. The summed E-state index contributed by atoms with van der Waals surface area (Å²) in [5.74, 6) is -0.659. The van der Waals surface area contributed by atoms with Gasteiger partial charge in [-0.05, 0) is 62.3 Å². The van der Waals surface area contributed by atoms with Crippen LogP contribution in [-0.4, -0.2) is 11.0 Å². The molecule has 36 heavy (non-hydrogen) atoms. The van der Waals surface area contributed by atoms with Crippen molar-refractivity contribution in [3.8, 4) is 11.8 Å². The molecule has 1 heterocycles. The van der Waals surface area contributed by atoms with Gasteiger partial charge >= 0.3 is 5.97 Å². The van der Waals surface area contributed by atoms with Crippen LogP contribution >= 0.6 is 0 Å². The number of hydrogen-bond donors (Lipinski definition) is 0.